The zero-order valence-electron chi connectivity index (χ0n) is 11.1. The van der Waals surface area contributed by atoms with Gasteiger partial charge in [-0.25, -0.2) is 0 Å². The molecule has 1 aromatic carbocycles. The number of alkyl halides is 1. The van der Waals surface area contributed by atoms with Gasteiger partial charge in [-0.1, -0.05) is 56.7 Å². The molecule has 1 unspecified atom stereocenters. The van der Waals surface area contributed by atoms with Gasteiger partial charge in [-0.05, 0) is 17.7 Å². The van der Waals surface area contributed by atoms with Crippen LogP contribution < -0.4 is 10.9 Å². The molecular weight excluding hydrogens is 278 g/mol. The third-order valence-corrected chi connectivity index (χ3v) is 4.93. The smallest absolute Gasteiger partial charge is 0.330 e. The number of carbonyl (C=O) groups is 1. The zero-order valence-corrected chi connectivity index (χ0v) is 12.9. The Labute approximate surface area is 121 Å². The van der Waals surface area contributed by atoms with E-state index in [1.807, 2.05) is 30.3 Å². The Bertz CT molecular complexity index is 409. The van der Waals surface area contributed by atoms with Gasteiger partial charge in [0.05, 0.1) is 5.00 Å². The van der Waals surface area contributed by atoms with Crippen LogP contribution in [-0.4, -0.2) is 19.6 Å². The topological polar surface area (TPSA) is 60.2 Å². The predicted molar refractivity (Wildman–Crippen MR) is 81.1 cm³/mol. The molecule has 0 heterocycles. The monoisotopic (exact) mass is 297 g/mol. The fourth-order valence-electron chi connectivity index (χ4n) is 1.30. The van der Waals surface area contributed by atoms with Crippen LogP contribution in [0.2, 0.25) is 0 Å². The first-order chi connectivity index (χ1) is 9.02. The summed E-state index contributed by atoms with van der Waals surface area (Å²) in [6.07, 6.45) is 4.06. The van der Waals surface area contributed by atoms with E-state index in [-0.39, 0.29) is 5.00 Å². The Morgan fingerprint density at radius 2 is 2.00 bits per heavy atom. The van der Waals surface area contributed by atoms with E-state index in [4.69, 9.17) is 11.6 Å². The lowest BCUT2D eigenvalue weighted by atomic mass is 10.3. The van der Waals surface area contributed by atoms with Gasteiger partial charge in [0.25, 0.3) is 0 Å². The maximum Gasteiger partial charge on any atom is 0.330 e. The van der Waals surface area contributed by atoms with E-state index in [2.05, 4.69) is 19.2 Å². The summed E-state index contributed by atoms with van der Waals surface area (Å²) in [5.74, 6) is -0.481. The molecule has 0 aromatic heterocycles. The summed E-state index contributed by atoms with van der Waals surface area (Å²) in [7, 11) is -1.80. The first-order valence-electron chi connectivity index (χ1n) is 6.18. The van der Waals surface area contributed by atoms with Gasteiger partial charge in [0.2, 0.25) is 5.91 Å². The molecule has 104 valence electrons. The number of carbonyl (C=O) groups excluding carboxylic acids is 1. The normalized spacial score (nSPS) is 10.8. The number of halogens is 1. The van der Waals surface area contributed by atoms with Crippen molar-refractivity contribution in [1.29, 1.82) is 0 Å². The number of benzene rings is 1. The molecule has 1 amide bonds. The van der Waals surface area contributed by atoms with Crippen LogP contribution in [0.3, 0.4) is 0 Å². The van der Waals surface area contributed by atoms with Crippen molar-refractivity contribution < 1.29 is 9.26 Å². The molecule has 0 spiro atoms. The van der Waals surface area contributed by atoms with Crippen molar-refractivity contribution >= 4 is 31.4 Å². The highest BCUT2D eigenvalue weighted by Gasteiger charge is 2.18. The van der Waals surface area contributed by atoms with Gasteiger partial charge < -0.3 is 10.2 Å². The third kappa shape index (κ3) is 8.45. The quantitative estimate of drug-likeness (QED) is 0.497. The molecule has 2 N–H and O–H groups in total. The summed E-state index contributed by atoms with van der Waals surface area (Å²) in [4.78, 5) is 9.47. The molecule has 0 aliphatic heterocycles. The second kappa shape index (κ2) is 10.6. The summed E-state index contributed by atoms with van der Waals surface area (Å²) < 4.78 is 11.9. The molecule has 0 saturated carbocycles. The molecule has 0 fully saturated rings. The Kier molecular flexibility index (Phi) is 9.93. The van der Waals surface area contributed by atoms with Gasteiger partial charge >= 0.3 is 8.68 Å². The number of primary amides is 1. The average molecular weight is 298 g/mol. The van der Waals surface area contributed by atoms with Gasteiger partial charge in [0, 0.05) is 0 Å². The van der Waals surface area contributed by atoms with Crippen molar-refractivity contribution in [3.05, 3.63) is 43.0 Å². The molecule has 0 radical (unpaired) electrons. The highest BCUT2D eigenvalue weighted by atomic mass is 35.5. The summed E-state index contributed by atoms with van der Waals surface area (Å²) >= 11 is 6.08. The number of hydrogen-bond donors (Lipinski definition) is 1. The van der Waals surface area contributed by atoms with Gasteiger partial charge in [-0.3, -0.25) is 4.79 Å². The van der Waals surface area contributed by atoms with E-state index in [0.717, 1.165) is 30.5 Å². The predicted octanol–water partition coefficient (Wildman–Crippen LogP) is 2.31. The zero-order chi connectivity index (χ0) is 14.7. The van der Waals surface area contributed by atoms with Crippen molar-refractivity contribution in [3.63, 3.8) is 0 Å². The second-order valence-corrected chi connectivity index (χ2v) is 6.84. The van der Waals surface area contributed by atoms with Crippen molar-refractivity contribution in [1.82, 2.24) is 0 Å². The number of rotatable bonds is 6. The first kappa shape index (κ1) is 17.7. The minimum Gasteiger partial charge on any atom is -0.381 e. The first-order valence-corrected chi connectivity index (χ1v) is 8.10. The SMILES string of the molecule is C=CC(N)=O.CCCCC(Cl)[Si](=O)c1ccccc1. The molecule has 5 heteroatoms. The maximum absolute atomic E-state index is 11.9. The summed E-state index contributed by atoms with van der Waals surface area (Å²) in [6, 6.07) is 9.52. The largest absolute Gasteiger partial charge is 0.381 e. The van der Waals surface area contributed by atoms with E-state index in [1.54, 1.807) is 0 Å². The molecular formula is C14H20ClNO2Si. The van der Waals surface area contributed by atoms with Crippen molar-refractivity contribution in [2.24, 2.45) is 5.73 Å². The van der Waals surface area contributed by atoms with E-state index in [9.17, 15) is 9.26 Å². The number of unbranched alkanes of at least 4 members (excludes halogenated alkanes) is 1. The van der Waals surface area contributed by atoms with Gasteiger partial charge in [0.1, 0.15) is 0 Å². The van der Waals surface area contributed by atoms with Crippen LogP contribution in [0.15, 0.2) is 43.0 Å². The molecule has 3 nitrogen and oxygen atoms in total. The lowest BCUT2D eigenvalue weighted by Gasteiger charge is -2.05. The molecule has 19 heavy (non-hydrogen) atoms. The second-order valence-electron chi connectivity index (χ2n) is 3.95. The van der Waals surface area contributed by atoms with Gasteiger partial charge in [-0.2, -0.15) is 0 Å². The van der Waals surface area contributed by atoms with Crippen LogP contribution in [0.4, 0.5) is 0 Å². The van der Waals surface area contributed by atoms with Crippen LogP contribution in [-0.2, 0) is 9.26 Å². The molecule has 1 aromatic rings. The van der Waals surface area contributed by atoms with E-state index in [0.29, 0.717) is 0 Å². The van der Waals surface area contributed by atoms with E-state index >= 15 is 0 Å². The Hall–Kier alpha value is -1.26. The van der Waals surface area contributed by atoms with E-state index < -0.39 is 14.6 Å². The molecule has 1 atom stereocenters. The van der Waals surface area contributed by atoms with Gasteiger partial charge in [-0.15, -0.1) is 11.6 Å². The fourth-order valence-corrected chi connectivity index (χ4v) is 3.18. The molecule has 0 aliphatic rings. The maximum atomic E-state index is 11.9. The lowest BCUT2D eigenvalue weighted by molar-refractivity contribution is -0.113. The van der Waals surface area contributed by atoms with Crippen molar-refractivity contribution in [2.45, 2.75) is 31.2 Å². The van der Waals surface area contributed by atoms with Gasteiger partial charge in [0.15, 0.2) is 0 Å². The Morgan fingerprint density at radius 3 is 2.42 bits per heavy atom. The molecule has 0 bridgehead atoms. The van der Waals surface area contributed by atoms with Crippen LogP contribution in [0.25, 0.3) is 0 Å². The molecule has 0 saturated heterocycles. The van der Waals surface area contributed by atoms with Crippen molar-refractivity contribution in [3.8, 4) is 0 Å². The highest BCUT2D eigenvalue weighted by molar-refractivity contribution is 6.69. The molecule has 0 aliphatic carbocycles. The van der Waals surface area contributed by atoms with E-state index in [1.165, 1.54) is 0 Å². The highest BCUT2D eigenvalue weighted by Crippen LogP contribution is 2.07. The Balaban J connectivity index is 0.000000555. The van der Waals surface area contributed by atoms with Crippen LogP contribution >= 0.6 is 11.6 Å². The van der Waals surface area contributed by atoms with Crippen LogP contribution in [0.1, 0.15) is 26.2 Å². The lowest BCUT2D eigenvalue weighted by Crippen LogP contribution is -2.30. The van der Waals surface area contributed by atoms with Crippen LogP contribution in [0, 0.1) is 0 Å². The fraction of sp³-hybridized carbons (Fsp3) is 0.357. The molecule has 1 rings (SSSR count). The summed E-state index contributed by atoms with van der Waals surface area (Å²) in [5, 5.41) is 0.718. The number of hydrogen-bond acceptors (Lipinski definition) is 2. The summed E-state index contributed by atoms with van der Waals surface area (Å²) in [6.45, 7) is 5.20. The standard InChI is InChI=1S/C11H15ClOSi.C3H5NO/c1-2-3-9-11(12)14(13)10-7-5-4-6-8-10;1-2-3(4)5/h4-8,11H,2-3,9H2,1H3;2H,1H2,(H2,4,5). The minimum absolute atomic E-state index is 0.178. The third-order valence-electron chi connectivity index (χ3n) is 2.36. The minimum atomic E-state index is -1.80. The summed E-state index contributed by atoms with van der Waals surface area (Å²) in [5.41, 5.74) is 4.53. The van der Waals surface area contributed by atoms with Crippen LogP contribution in [0.5, 0.6) is 0 Å². The number of nitrogens with two attached hydrogens (primary N) is 1. The Morgan fingerprint density at radius 1 is 1.47 bits per heavy atom. The van der Waals surface area contributed by atoms with Crippen molar-refractivity contribution in [2.75, 3.05) is 0 Å². The average Bonchev–Trinajstić information content (AvgIpc) is 2.45. The number of amides is 1.